The molecule has 0 radical (unpaired) electrons. The van der Waals surface area contributed by atoms with Gasteiger partial charge in [0.1, 0.15) is 5.82 Å². The molecule has 1 N–H and O–H groups in total. The highest BCUT2D eigenvalue weighted by molar-refractivity contribution is 5.85. The molecule has 3 rings (SSSR count). The van der Waals surface area contributed by atoms with Gasteiger partial charge in [-0.15, -0.1) is 12.4 Å². The van der Waals surface area contributed by atoms with Gasteiger partial charge in [0.15, 0.2) is 0 Å². The highest BCUT2D eigenvalue weighted by Crippen LogP contribution is 2.26. The number of likely N-dealkylation sites (tertiary alicyclic amines) is 1. The van der Waals surface area contributed by atoms with Crippen LogP contribution in [0.2, 0.25) is 0 Å². The Morgan fingerprint density at radius 3 is 2.62 bits per heavy atom. The Bertz CT molecular complexity index is 452. The summed E-state index contributed by atoms with van der Waals surface area (Å²) in [4.78, 5) is 2.47. The molecule has 0 spiro atoms. The maximum absolute atomic E-state index is 13.6. The number of benzene rings is 1. The molecule has 0 amide bonds. The Kier molecular flexibility index (Phi) is 6.03. The summed E-state index contributed by atoms with van der Waals surface area (Å²) in [6.07, 6.45) is 5.26. The molecule has 118 valence electrons. The van der Waals surface area contributed by atoms with Crippen LogP contribution in [0.15, 0.2) is 18.2 Å². The molecule has 1 unspecified atom stereocenters. The zero-order valence-electron chi connectivity index (χ0n) is 12.8. The van der Waals surface area contributed by atoms with Crippen LogP contribution in [0.1, 0.15) is 36.8 Å². The van der Waals surface area contributed by atoms with Crippen molar-refractivity contribution >= 4 is 12.4 Å². The molecule has 0 bridgehead atoms. The highest BCUT2D eigenvalue weighted by atomic mass is 35.5. The highest BCUT2D eigenvalue weighted by Gasteiger charge is 2.28. The van der Waals surface area contributed by atoms with Crippen molar-refractivity contribution in [3.05, 3.63) is 35.1 Å². The van der Waals surface area contributed by atoms with E-state index in [-0.39, 0.29) is 18.2 Å². The molecule has 0 aromatic heterocycles. The maximum Gasteiger partial charge on any atom is 0.126 e. The van der Waals surface area contributed by atoms with Gasteiger partial charge in [-0.3, -0.25) is 4.90 Å². The first-order valence-electron chi connectivity index (χ1n) is 7.93. The first-order chi connectivity index (χ1) is 9.72. The molecule has 4 heteroatoms. The summed E-state index contributed by atoms with van der Waals surface area (Å²) in [5, 5.41) is 3.64. The Balaban J connectivity index is 0.00000161. The lowest BCUT2D eigenvalue weighted by Gasteiger charge is -2.35. The molecule has 2 nitrogen and oxygen atoms in total. The molecule has 21 heavy (non-hydrogen) atoms. The number of nitrogens with zero attached hydrogens (tertiary/aromatic N) is 1. The average molecular weight is 313 g/mol. The van der Waals surface area contributed by atoms with Crippen molar-refractivity contribution in [2.45, 2.75) is 45.2 Å². The standard InChI is InChI=1S/C17H25FN2.ClH/c1-13-4-5-14(11-16(13)18)12-20-9-6-15(7-10-20)17-3-2-8-19-17;/h4-5,11,15,17,19H,2-3,6-10,12H2,1H3;1H. The molecule has 2 fully saturated rings. The summed E-state index contributed by atoms with van der Waals surface area (Å²) in [5.41, 5.74) is 1.84. The van der Waals surface area contributed by atoms with Gasteiger partial charge in [0, 0.05) is 12.6 Å². The summed E-state index contributed by atoms with van der Waals surface area (Å²) < 4.78 is 13.6. The predicted molar refractivity (Wildman–Crippen MR) is 87.4 cm³/mol. The number of rotatable bonds is 3. The van der Waals surface area contributed by atoms with Crippen LogP contribution in [0, 0.1) is 18.7 Å². The third kappa shape index (κ3) is 4.18. The van der Waals surface area contributed by atoms with Gasteiger partial charge in [-0.05, 0) is 75.4 Å². The van der Waals surface area contributed by atoms with E-state index in [0.29, 0.717) is 0 Å². The summed E-state index contributed by atoms with van der Waals surface area (Å²) in [6.45, 7) is 6.21. The van der Waals surface area contributed by atoms with Gasteiger partial charge in [-0.25, -0.2) is 4.39 Å². The van der Waals surface area contributed by atoms with Crippen molar-refractivity contribution < 1.29 is 4.39 Å². The van der Waals surface area contributed by atoms with E-state index in [0.717, 1.165) is 42.7 Å². The summed E-state index contributed by atoms with van der Waals surface area (Å²) in [7, 11) is 0. The Morgan fingerprint density at radius 1 is 1.24 bits per heavy atom. The second kappa shape index (κ2) is 7.57. The van der Waals surface area contributed by atoms with E-state index in [4.69, 9.17) is 0 Å². The van der Waals surface area contributed by atoms with Crippen LogP contribution in [0.4, 0.5) is 4.39 Å². The third-order valence-corrected chi connectivity index (χ3v) is 4.94. The fraction of sp³-hybridized carbons (Fsp3) is 0.647. The fourth-order valence-corrected chi connectivity index (χ4v) is 3.62. The number of hydrogen-bond acceptors (Lipinski definition) is 2. The van der Waals surface area contributed by atoms with Gasteiger partial charge < -0.3 is 5.32 Å². The van der Waals surface area contributed by atoms with Crippen LogP contribution in [0.25, 0.3) is 0 Å². The molecule has 2 saturated heterocycles. The van der Waals surface area contributed by atoms with Crippen LogP contribution in [0.3, 0.4) is 0 Å². The van der Waals surface area contributed by atoms with E-state index in [1.807, 2.05) is 13.0 Å². The lowest BCUT2D eigenvalue weighted by molar-refractivity contribution is 0.157. The van der Waals surface area contributed by atoms with E-state index in [1.165, 1.54) is 32.2 Å². The lowest BCUT2D eigenvalue weighted by atomic mass is 9.88. The first-order valence-corrected chi connectivity index (χ1v) is 7.93. The zero-order chi connectivity index (χ0) is 13.9. The third-order valence-electron chi connectivity index (χ3n) is 4.94. The second-order valence-electron chi connectivity index (χ2n) is 6.40. The first kappa shape index (κ1) is 16.7. The molecule has 2 aliphatic rings. The van der Waals surface area contributed by atoms with Crippen LogP contribution >= 0.6 is 12.4 Å². The number of nitrogens with one attached hydrogen (secondary N) is 1. The second-order valence-corrected chi connectivity index (χ2v) is 6.40. The van der Waals surface area contributed by atoms with Crippen molar-refractivity contribution in [1.29, 1.82) is 0 Å². The van der Waals surface area contributed by atoms with Crippen molar-refractivity contribution in [1.82, 2.24) is 10.2 Å². The number of piperidine rings is 1. The largest absolute Gasteiger partial charge is 0.314 e. The molecule has 0 aliphatic carbocycles. The van der Waals surface area contributed by atoms with Gasteiger partial charge >= 0.3 is 0 Å². The molecule has 2 heterocycles. The topological polar surface area (TPSA) is 15.3 Å². The normalized spacial score (nSPS) is 24.0. The lowest BCUT2D eigenvalue weighted by Crippen LogP contribution is -2.40. The maximum atomic E-state index is 13.6. The fourth-order valence-electron chi connectivity index (χ4n) is 3.62. The summed E-state index contributed by atoms with van der Waals surface area (Å²) in [6, 6.07) is 6.40. The quantitative estimate of drug-likeness (QED) is 0.918. The van der Waals surface area contributed by atoms with Gasteiger partial charge in [0.05, 0.1) is 0 Å². The van der Waals surface area contributed by atoms with Crippen LogP contribution in [-0.4, -0.2) is 30.6 Å². The Hall–Kier alpha value is -0.640. The van der Waals surface area contributed by atoms with Crippen LogP contribution in [0.5, 0.6) is 0 Å². The van der Waals surface area contributed by atoms with Crippen molar-refractivity contribution in [3.8, 4) is 0 Å². The van der Waals surface area contributed by atoms with Gasteiger partial charge in [0.2, 0.25) is 0 Å². The van der Waals surface area contributed by atoms with Gasteiger partial charge in [-0.1, -0.05) is 12.1 Å². The molecule has 0 saturated carbocycles. The molecule has 1 aromatic carbocycles. The van der Waals surface area contributed by atoms with E-state index < -0.39 is 0 Å². The Morgan fingerprint density at radius 2 is 2.00 bits per heavy atom. The minimum Gasteiger partial charge on any atom is -0.314 e. The van der Waals surface area contributed by atoms with Crippen LogP contribution in [-0.2, 0) is 6.54 Å². The Labute approximate surface area is 133 Å². The van der Waals surface area contributed by atoms with E-state index in [1.54, 1.807) is 6.07 Å². The number of halogens is 2. The molecule has 1 aromatic rings. The van der Waals surface area contributed by atoms with Gasteiger partial charge in [0.25, 0.3) is 0 Å². The number of aryl methyl sites for hydroxylation is 1. The zero-order valence-corrected chi connectivity index (χ0v) is 13.6. The predicted octanol–water partition coefficient (Wildman–Crippen LogP) is 3.52. The summed E-state index contributed by atoms with van der Waals surface area (Å²) in [5.74, 6) is 0.774. The molecule has 1 atom stereocenters. The number of hydrogen-bond donors (Lipinski definition) is 1. The van der Waals surface area contributed by atoms with Crippen LogP contribution < -0.4 is 5.32 Å². The van der Waals surface area contributed by atoms with E-state index in [9.17, 15) is 4.39 Å². The molecule has 2 aliphatic heterocycles. The summed E-state index contributed by atoms with van der Waals surface area (Å²) >= 11 is 0. The van der Waals surface area contributed by atoms with E-state index in [2.05, 4.69) is 16.3 Å². The van der Waals surface area contributed by atoms with Crippen molar-refractivity contribution in [2.75, 3.05) is 19.6 Å². The van der Waals surface area contributed by atoms with E-state index >= 15 is 0 Å². The molecular formula is C17H26ClFN2. The minimum absolute atomic E-state index is 0. The van der Waals surface area contributed by atoms with Gasteiger partial charge in [-0.2, -0.15) is 0 Å². The van der Waals surface area contributed by atoms with Crippen molar-refractivity contribution in [2.24, 2.45) is 5.92 Å². The monoisotopic (exact) mass is 312 g/mol. The molecular weight excluding hydrogens is 287 g/mol. The SMILES string of the molecule is Cc1ccc(CN2CCC(C3CCCN3)CC2)cc1F.Cl. The minimum atomic E-state index is -0.0764. The average Bonchev–Trinajstić information content (AvgIpc) is 2.98. The van der Waals surface area contributed by atoms with Crippen molar-refractivity contribution in [3.63, 3.8) is 0 Å². The smallest absolute Gasteiger partial charge is 0.126 e.